The van der Waals surface area contributed by atoms with Crippen molar-refractivity contribution in [3.63, 3.8) is 0 Å². The Morgan fingerprint density at radius 2 is 1.80 bits per heavy atom. The van der Waals surface area contributed by atoms with Crippen molar-refractivity contribution in [1.29, 1.82) is 0 Å². The van der Waals surface area contributed by atoms with Crippen molar-refractivity contribution in [2.75, 3.05) is 0 Å². The van der Waals surface area contributed by atoms with E-state index < -0.39 is 17.5 Å². The van der Waals surface area contributed by atoms with Crippen molar-refractivity contribution in [2.45, 2.75) is 0 Å². The molecule has 2 nitrogen and oxygen atoms in total. The first-order valence-electron chi connectivity index (χ1n) is 5.52. The van der Waals surface area contributed by atoms with Crippen molar-refractivity contribution in [1.82, 2.24) is 9.55 Å². The van der Waals surface area contributed by atoms with Crippen LogP contribution in [0, 0.1) is 22.2 Å². The Morgan fingerprint density at radius 1 is 1.05 bits per heavy atom. The molecule has 0 saturated heterocycles. The maximum Gasteiger partial charge on any atom is 0.182 e. The normalized spacial score (nSPS) is 11.2. The van der Waals surface area contributed by atoms with Gasteiger partial charge in [-0.3, -0.25) is 4.57 Å². The monoisotopic (exact) mass is 358 g/mol. The van der Waals surface area contributed by atoms with Crippen LogP contribution < -0.4 is 0 Å². The number of rotatable bonds is 1. The third kappa shape index (κ3) is 2.06. The Balaban J connectivity index is 2.45. The number of halogens is 4. The largest absolute Gasteiger partial charge is 0.328 e. The van der Waals surface area contributed by atoms with Crippen LogP contribution in [0.3, 0.4) is 0 Å². The summed E-state index contributed by atoms with van der Waals surface area (Å²) in [6.45, 7) is 0. The molecule has 0 aliphatic carbocycles. The van der Waals surface area contributed by atoms with Crippen LogP contribution in [-0.2, 0) is 0 Å². The number of aromatic nitrogens is 2. The van der Waals surface area contributed by atoms with Crippen LogP contribution in [0.15, 0.2) is 34.8 Å². The second kappa shape index (κ2) is 4.75. The zero-order valence-electron chi connectivity index (χ0n) is 9.75. The summed E-state index contributed by atoms with van der Waals surface area (Å²) in [6, 6.07) is 6.11. The van der Waals surface area contributed by atoms with Gasteiger partial charge in [0.2, 0.25) is 0 Å². The average molecular weight is 359 g/mol. The lowest BCUT2D eigenvalue weighted by molar-refractivity contribution is 0.590. The molecule has 20 heavy (non-hydrogen) atoms. The average Bonchev–Trinajstić information content (AvgIpc) is 2.69. The molecule has 0 atom stereocenters. The third-order valence-corrected chi connectivity index (χ3v) is 3.64. The van der Waals surface area contributed by atoms with Crippen LogP contribution in [0.5, 0.6) is 0 Å². The molecule has 0 bridgehead atoms. The summed E-state index contributed by atoms with van der Waals surface area (Å²) in [5, 5.41) is 0. The smallest absolute Gasteiger partial charge is 0.182 e. The highest BCUT2D eigenvalue weighted by Gasteiger charge is 2.15. The van der Waals surface area contributed by atoms with Crippen molar-refractivity contribution in [2.24, 2.45) is 0 Å². The molecule has 0 fully saturated rings. The lowest BCUT2D eigenvalue weighted by Crippen LogP contribution is -1.98. The number of fused-ring (bicyclic) bond motifs is 1. The Kier molecular flexibility index (Phi) is 3.18. The fraction of sp³-hybridized carbons (Fsp3) is 0. The zero-order chi connectivity index (χ0) is 14.4. The van der Waals surface area contributed by atoms with Gasteiger partial charge >= 0.3 is 0 Å². The number of benzene rings is 2. The van der Waals surface area contributed by atoms with Gasteiger partial charge in [0, 0.05) is 16.6 Å². The first kappa shape index (κ1) is 13.4. The minimum absolute atomic E-state index is 0.0378. The first-order chi connectivity index (χ1) is 9.47. The van der Waals surface area contributed by atoms with Crippen molar-refractivity contribution < 1.29 is 13.2 Å². The summed E-state index contributed by atoms with van der Waals surface area (Å²) in [7, 11) is 0. The minimum atomic E-state index is -0.778. The molecule has 3 rings (SSSR count). The SMILES string of the molecule is Fc1cc(F)c2[nH]c(=S)n(-c3cc(Br)ccc3F)c2c1. The molecule has 2 aromatic carbocycles. The van der Waals surface area contributed by atoms with E-state index in [1.54, 1.807) is 0 Å². The molecule has 0 radical (unpaired) electrons. The van der Waals surface area contributed by atoms with Gasteiger partial charge in [-0.05, 0) is 30.4 Å². The van der Waals surface area contributed by atoms with E-state index in [4.69, 9.17) is 12.2 Å². The highest BCUT2D eigenvalue weighted by Crippen LogP contribution is 2.26. The number of nitrogens with one attached hydrogen (secondary N) is 1. The molecule has 7 heteroatoms. The van der Waals surface area contributed by atoms with Gasteiger partial charge in [0.05, 0.1) is 11.2 Å². The van der Waals surface area contributed by atoms with Gasteiger partial charge in [-0.25, -0.2) is 13.2 Å². The van der Waals surface area contributed by atoms with E-state index in [2.05, 4.69) is 20.9 Å². The van der Waals surface area contributed by atoms with E-state index in [-0.39, 0.29) is 21.5 Å². The Morgan fingerprint density at radius 3 is 2.55 bits per heavy atom. The number of nitrogens with zero attached hydrogens (tertiary/aromatic N) is 1. The minimum Gasteiger partial charge on any atom is -0.328 e. The van der Waals surface area contributed by atoms with E-state index in [0.29, 0.717) is 4.47 Å². The van der Waals surface area contributed by atoms with Gasteiger partial charge in [-0.15, -0.1) is 0 Å². The van der Waals surface area contributed by atoms with E-state index in [1.165, 1.54) is 22.8 Å². The number of imidazole rings is 1. The molecule has 3 aromatic rings. The second-order valence-corrected chi connectivity index (χ2v) is 5.45. The summed E-state index contributed by atoms with van der Waals surface area (Å²) in [4.78, 5) is 2.62. The number of aromatic amines is 1. The maximum atomic E-state index is 14.0. The van der Waals surface area contributed by atoms with Crippen LogP contribution in [-0.4, -0.2) is 9.55 Å². The van der Waals surface area contributed by atoms with Gasteiger partial charge in [0.1, 0.15) is 17.2 Å². The fourth-order valence-corrected chi connectivity index (χ4v) is 2.68. The Bertz CT molecular complexity index is 885. The Labute approximate surface area is 125 Å². The standard InChI is InChI=1S/C13H6BrF3N2S/c14-6-1-2-8(16)10(3-6)19-11-5-7(15)4-9(17)12(11)18-13(19)20/h1-5H,(H,18,20). The molecule has 0 saturated carbocycles. The van der Waals surface area contributed by atoms with E-state index in [1.807, 2.05) is 0 Å². The van der Waals surface area contributed by atoms with Gasteiger partial charge in [0.15, 0.2) is 10.6 Å². The zero-order valence-corrected chi connectivity index (χ0v) is 12.2. The van der Waals surface area contributed by atoms with Gasteiger partial charge in [-0.1, -0.05) is 15.9 Å². The van der Waals surface area contributed by atoms with Gasteiger partial charge in [-0.2, -0.15) is 0 Å². The molecule has 1 N–H and O–H groups in total. The third-order valence-electron chi connectivity index (χ3n) is 2.86. The van der Waals surface area contributed by atoms with Crippen LogP contribution in [0.4, 0.5) is 13.2 Å². The van der Waals surface area contributed by atoms with Crippen molar-refractivity contribution in [3.8, 4) is 5.69 Å². The van der Waals surface area contributed by atoms with Crippen molar-refractivity contribution >= 4 is 39.2 Å². The Hall–Kier alpha value is -1.60. The molecule has 0 aliphatic rings. The molecule has 0 aliphatic heterocycles. The topological polar surface area (TPSA) is 20.7 Å². The molecule has 0 spiro atoms. The lowest BCUT2D eigenvalue weighted by Gasteiger charge is -2.07. The highest BCUT2D eigenvalue weighted by atomic mass is 79.9. The predicted octanol–water partition coefficient (Wildman–Crippen LogP) is 4.87. The molecule has 1 aromatic heterocycles. The summed E-state index contributed by atoms with van der Waals surface area (Å²) in [5.74, 6) is -2.08. The molecule has 0 unspecified atom stereocenters. The predicted molar refractivity (Wildman–Crippen MR) is 76.0 cm³/mol. The summed E-state index contributed by atoms with van der Waals surface area (Å²) < 4.78 is 43.0. The van der Waals surface area contributed by atoms with E-state index in [0.717, 1.165) is 12.1 Å². The molecule has 0 amide bonds. The second-order valence-electron chi connectivity index (χ2n) is 4.14. The first-order valence-corrected chi connectivity index (χ1v) is 6.72. The summed E-state index contributed by atoms with van der Waals surface area (Å²) in [6.07, 6.45) is 0. The quantitative estimate of drug-likeness (QED) is 0.615. The molecule has 1 heterocycles. The highest BCUT2D eigenvalue weighted by molar-refractivity contribution is 9.10. The number of hydrogen-bond donors (Lipinski definition) is 1. The molecular weight excluding hydrogens is 353 g/mol. The number of H-pyrrole nitrogens is 1. The van der Waals surface area contributed by atoms with Gasteiger partial charge in [0.25, 0.3) is 0 Å². The van der Waals surface area contributed by atoms with Crippen molar-refractivity contribution in [3.05, 3.63) is 57.0 Å². The van der Waals surface area contributed by atoms with Crippen LogP contribution in [0.25, 0.3) is 16.7 Å². The van der Waals surface area contributed by atoms with E-state index >= 15 is 0 Å². The van der Waals surface area contributed by atoms with Crippen LogP contribution in [0.2, 0.25) is 0 Å². The molecule has 102 valence electrons. The van der Waals surface area contributed by atoms with Crippen LogP contribution >= 0.6 is 28.1 Å². The lowest BCUT2D eigenvalue weighted by atomic mass is 10.2. The maximum absolute atomic E-state index is 14.0. The molecular formula is C13H6BrF3N2S. The van der Waals surface area contributed by atoms with Crippen LogP contribution in [0.1, 0.15) is 0 Å². The van der Waals surface area contributed by atoms with E-state index in [9.17, 15) is 13.2 Å². The summed E-state index contributed by atoms with van der Waals surface area (Å²) >= 11 is 8.30. The fourth-order valence-electron chi connectivity index (χ4n) is 2.03. The summed E-state index contributed by atoms with van der Waals surface area (Å²) in [5.41, 5.74) is 0.293. The van der Waals surface area contributed by atoms with Gasteiger partial charge < -0.3 is 4.98 Å². The number of hydrogen-bond acceptors (Lipinski definition) is 1.